The maximum Gasteiger partial charge on any atom is 0.224 e. The van der Waals surface area contributed by atoms with Crippen molar-refractivity contribution in [2.24, 2.45) is 47.3 Å². The molecule has 0 aromatic heterocycles. The summed E-state index contributed by atoms with van der Waals surface area (Å²) in [5.74, 6) is 7.57. The van der Waals surface area contributed by atoms with Gasteiger partial charge in [-0.15, -0.1) is 0 Å². The number of rotatable bonds is 35. The molecule has 13 fully saturated rings. The summed E-state index contributed by atoms with van der Waals surface area (Å²) in [4.78, 5) is 59.4. The van der Waals surface area contributed by atoms with Crippen molar-refractivity contribution in [3.8, 4) is 23.0 Å². The van der Waals surface area contributed by atoms with Gasteiger partial charge in [0, 0.05) is 58.8 Å². The maximum atomic E-state index is 12.6. The Labute approximate surface area is 818 Å². The zero-order chi connectivity index (χ0) is 100. The fourth-order valence-electron chi connectivity index (χ4n) is 20.5. The largest absolute Gasteiger partial charge is 0.505 e. The Morgan fingerprint density at radius 1 is 0.362 bits per heavy atom. The highest BCUT2D eigenvalue weighted by Gasteiger charge is 2.64. The SMILES string of the molecule is C1CC2CCC1O2.C=COC.C=COC.C=COC.C=COC12CC3CC(OC=C)(CC(C1)C3=O)C2.C=COC1=CC(=O)C(OC=C)=CC1=O.C=COC1CC2C3CCC(C3)C2C1.C=COC1CCC(C(=O)C2CCC(OC=C)CC2)CC1.C=COC1COC2C(OC=C)COC12.C=COc1ccc(C(=O)c2ccc(OC=C)cc2)cc1.C=COc1ccc(C(C)(C)c2ccc(OC=C)cc2)cc1. The molecule has 4 aromatic carbocycles. The van der Waals surface area contributed by atoms with E-state index in [1.165, 1.54) is 150 Å². The highest BCUT2D eigenvalue weighted by atomic mass is 16.6. The number of carbonyl (C=O) groups is 5. The molecule has 0 amide bonds. The van der Waals surface area contributed by atoms with E-state index in [9.17, 15) is 24.0 Å². The molecule has 4 heterocycles. The number of benzene rings is 4. The fourth-order valence-corrected chi connectivity index (χ4v) is 20.5. The molecule has 4 saturated heterocycles. The third-order valence-corrected chi connectivity index (χ3v) is 26.7. The Morgan fingerprint density at radius 2 is 0.674 bits per heavy atom. The average molecular weight is 1900 g/mol. The summed E-state index contributed by atoms with van der Waals surface area (Å²) in [5, 5.41) is 0. The van der Waals surface area contributed by atoms with E-state index in [1.807, 2.05) is 24.3 Å². The molecule has 18 rings (SSSR count). The normalized spacial score (nSPS) is 27.2. The molecule has 746 valence electrons. The van der Waals surface area contributed by atoms with Crippen molar-refractivity contribution in [2.45, 2.75) is 227 Å². The summed E-state index contributed by atoms with van der Waals surface area (Å²) in [5.41, 5.74) is 3.10. The second-order valence-electron chi connectivity index (χ2n) is 35.3. The smallest absolute Gasteiger partial charge is 0.224 e. The maximum absolute atomic E-state index is 12.6. The number of ketones is 5. The summed E-state index contributed by atoms with van der Waals surface area (Å²) in [6.07, 6.45) is 51.2. The van der Waals surface area contributed by atoms with Gasteiger partial charge in [0.2, 0.25) is 11.6 Å². The number of ether oxygens (including phenoxy) is 19. The summed E-state index contributed by atoms with van der Waals surface area (Å²) < 4.78 is 98.1. The van der Waals surface area contributed by atoms with Crippen LogP contribution in [0.25, 0.3) is 0 Å². The number of Topliss-reactive ketones (excluding diaryl/α,β-unsaturated/α-hetero) is 2. The molecule has 24 heteroatoms. The van der Waals surface area contributed by atoms with Crippen molar-refractivity contribution in [2.75, 3.05) is 34.5 Å². The Balaban J connectivity index is 0.000000213. The van der Waals surface area contributed by atoms with Crippen LogP contribution >= 0.6 is 0 Å². The first kappa shape index (κ1) is 112. The van der Waals surface area contributed by atoms with Gasteiger partial charge in [0.05, 0.1) is 165 Å². The van der Waals surface area contributed by atoms with Crippen LogP contribution in [0.2, 0.25) is 0 Å². The van der Waals surface area contributed by atoms with E-state index in [-0.39, 0.29) is 94.2 Å². The van der Waals surface area contributed by atoms with Gasteiger partial charge < -0.3 is 90.0 Å². The van der Waals surface area contributed by atoms with Crippen molar-refractivity contribution >= 4 is 28.9 Å². The van der Waals surface area contributed by atoms with Crippen LogP contribution in [0.15, 0.2) is 326 Å². The second kappa shape index (κ2) is 59.4. The van der Waals surface area contributed by atoms with Gasteiger partial charge in [0.1, 0.15) is 70.2 Å². The minimum absolute atomic E-state index is 0.0436. The third kappa shape index (κ3) is 33.6. The molecular weight excluding hydrogens is 1750 g/mol. The van der Waals surface area contributed by atoms with E-state index >= 15 is 0 Å². The van der Waals surface area contributed by atoms with Crippen LogP contribution in [0, 0.1) is 47.3 Å². The molecule has 8 unspecified atom stereocenters. The Kier molecular flexibility index (Phi) is 48.3. The first-order valence-electron chi connectivity index (χ1n) is 47.2. The van der Waals surface area contributed by atoms with Crippen LogP contribution in [0.5, 0.6) is 23.0 Å². The van der Waals surface area contributed by atoms with Gasteiger partial charge >= 0.3 is 0 Å². The van der Waals surface area contributed by atoms with E-state index in [1.54, 1.807) is 76.1 Å². The van der Waals surface area contributed by atoms with Crippen LogP contribution in [-0.4, -0.2) is 130 Å². The Hall–Kier alpha value is -12.8. The van der Waals surface area contributed by atoms with Crippen LogP contribution in [-0.2, 0) is 95.6 Å². The van der Waals surface area contributed by atoms with E-state index in [0.717, 1.165) is 143 Å². The lowest BCUT2D eigenvalue weighted by atomic mass is 9.51. The van der Waals surface area contributed by atoms with Crippen LogP contribution < -0.4 is 18.9 Å². The monoisotopic (exact) mass is 1900 g/mol. The van der Waals surface area contributed by atoms with Crippen molar-refractivity contribution in [1.29, 1.82) is 0 Å². The molecule has 14 aliphatic rings. The summed E-state index contributed by atoms with van der Waals surface area (Å²) in [7, 11) is 4.69. The minimum atomic E-state index is -0.443. The molecule has 24 nitrogen and oxygen atoms in total. The predicted octanol–water partition coefficient (Wildman–Crippen LogP) is 24.3. The summed E-state index contributed by atoms with van der Waals surface area (Å²) in [6, 6.07) is 29.9. The summed E-state index contributed by atoms with van der Waals surface area (Å²) >= 11 is 0. The molecule has 8 bridgehead atoms. The van der Waals surface area contributed by atoms with Crippen molar-refractivity contribution in [3.63, 3.8) is 0 Å². The number of hydrogen-bond donors (Lipinski definition) is 0. The zero-order valence-corrected chi connectivity index (χ0v) is 81.5. The zero-order valence-electron chi connectivity index (χ0n) is 81.5. The molecule has 8 atom stereocenters. The quantitative estimate of drug-likeness (QED) is 0.0235. The van der Waals surface area contributed by atoms with Gasteiger partial charge in [-0.2, -0.15) is 0 Å². The van der Waals surface area contributed by atoms with E-state index in [0.29, 0.717) is 65.7 Å². The van der Waals surface area contributed by atoms with Crippen molar-refractivity contribution in [3.05, 3.63) is 348 Å². The van der Waals surface area contributed by atoms with E-state index in [4.69, 9.17) is 75.8 Å². The number of methoxy groups -OCH3 is 3. The molecule has 0 N–H and O–H groups in total. The number of allylic oxidation sites excluding steroid dienone is 2. The fraction of sp³-hybridized carbons (Fsp3) is 0.430. The van der Waals surface area contributed by atoms with Crippen LogP contribution in [0.3, 0.4) is 0 Å². The van der Waals surface area contributed by atoms with Crippen LogP contribution in [0.1, 0.15) is 182 Å². The topological polar surface area (TPSA) is 261 Å². The lowest BCUT2D eigenvalue weighted by Crippen LogP contribution is -2.63. The molecule has 0 spiro atoms. The highest BCUT2D eigenvalue weighted by molar-refractivity contribution is 6.18. The van der Waals surface area contributed by atoms with Crippen molar-refractivity contribution < 1.29 is 114 Å². The molecule has 4 aromatic rings. The van der Waals surface area contributed by atoms with Gasteiger partial charge in [0.25, 0.3) is 0 Å². The molecule has 0 radical (unpaired) electrons. The lowest BCUT2D eigenvalue weighted by molar-refractivity contribution is -0.203. The minimum Gasteiger partial charge on any atom is -0.505 e. The first-order valence-corrected chi connectivity index (χ1v) is 47.2. The number of hydrogen-bond acceptors (Lipinski definition) is 24. The van der Waals surface area contributed by atoms with Gasteiger partial charge in [-0.1, -0.05) is 143 Å². The number of fused-ring (bicyclic) bond motifs is 8. The lowest BCUT2D eigenvalue weighted by Gasteiger charge is -2.59. The van der Waals surface area contributed by atoms with Gasteiger partial charge in [-0.3, -0.25) is 24.0 Å². The van der Waals surface area contributed by atoms with Crippen LogP contribution in [0.4, 0.5) is 0 Å². The predicted molar refractivity (Wildman–Crippen MR) is 536 cm³/mol. The summed E-state index contributed by atoms with van der Waals surface area (Å²) in [6.45, 7) is 61.0. The molecule has 9 saturated carbocycles. The van der Waals surface area contributed by atoms with Gasteiger partial charge in [-0.25, -0.2) is 0 Å². The Morgan fingerprint density at radius 3 is 0.957 bits per heavy atom. The number of carbonyl (C=O) groups excluding carboxylic acids is 5. The van der Waals surface area contributed by atoms with E-state index < -0.39 is 11.6 Å². The molecular formula is C114H146O24. The van der Waals surface area contributed by atoms with Gasteiger partial charge in [0.15, 0.2) is 17.3 Å². The standard InChI is InChI=1S/C19H20O2.C17H26O3.C17H14O3.C14H18O3.C12H18O.C10H14O4.C10H8O4.C6H10O.3C3H6O/c1-5-20-17-11-7-15(8-12-17)19(3,4)16-9-13-18(14-10-16)21-6-2;2*1-3-19-15-9-5-13(6-10-15)17(18)14-7-11-16(12-8-14)20-4-2;1-3-16-13-5-10-7-14(9-13,17-4-2)8-11(6-13)12(10)15;1-2-13-10-6-11-8-3-4-9(5-8)12(11)7-10;1-3-11-7-5-13-10-8(12-4-2)6-14-9(7)10;1-3-13-9-5-8(12)10(14-4-2)6-7(9)11;1-2-6-4-3-5(1)7-6;3*1-3-4-2/h5-14H,1-2H2,3-4H3;3-4,13-16H,1-2,5-12H2;3-12H,1-2H2;3-4,10-11H,1-2,5-9H2;2,8-12H,1,3-7H2;3-4,7-10H,1-2,5-6H2;3-6H,1-2H2;5-6H,1-4H2;3*3H,1H2,2H3. The molecule has 4 aliphatic heterocycles. The Bertz CT molecular complexity index is 4370. The van der Waals surface area contributed by atoms with Gasteiger partial charge in [-0.05, 0) is 242 Å². The third-order valence-electron chi connectivity index (χ3n) is 26.7. The first-order chi connectivity index (χ1) is 66.8. The second-order valence-corrected chi connectivity index (χ2v) is 35.3. The van der Waals surface area contributed by atoms with Crippen molar-refractivity contribution in [1.82, 2.24) is 0 Å². The molecule has 138 heavy (non-hydrogen) atoms. The molecule has 10 aliphatic carbocycles. The average Bonchev–Trinajstić information content (AvgIpc) is 1.44. The van der Waals surface area contributed by atoms with E-state index in [2.05, 4.69) is 158 Å². The highest BCUT2D eigenvalue weighted by Crippen LogP contribution is 2.60.